The molecule has 0 atom stereocenters. The van der Waals surface area contributed by atoms with E-state index >= 15 is 0 Å². The van der Waals surface area contributed by atoms with Gasteiger partial charge in [0.25, 0.3) is 0 Å². The van der Waals surface area contributed by atoms with Crippen LogP contribution in [-0.4, -0.2) is 34.5 Å². The van der Waals surface area contributed by atoms with Gasteiger partial charge in [-0.15, -0.1) is 5.10 Å². The Labute approximate surface area is 92.1 Å². The minimum Gasteiger partial charge on any atom is -0.354 e. The monoisotopic (exact) mass is 216 g/mol. The van der Waals surface area contributed by atoms with Gasteiger partial charge in [0.1, 0.15) is 5.52 Å². The predicted octanol–water partition coefficient (Wildman–Crippen LogP) is 0.637. The molecule has 82 valence electrons. The second-order valence-electron chi connectivity index (χ2n) is 3.75. The number of nitrogens with one attached hydrogen (secondary N) is 3. The first kappa shape index (κ1) is 9.14. The Morgan fingerprint density at radius 2 is 2.31 bits per heavy atom. The van der Waals surface area contributed by atoms with E-state index in [0.717, 1.165) is 41.3 Å². The Hall–Kier alpha value is -2.11. The predicted molar refractivity (Wildman–Crippen MR) is 62.6 cm³/mol. The van der Waals surface area contributed by atoms with Crippen LogP contribution in [-0.2, 0) is 0 Å². The van der Waals surface area contributed by atoms with Crippen molar-refractivity contribution in [3.05, 3.63) is 17.7 Å². The normalized spacial score (nSPS) is 14.9. The zero-order chi connectivity index (χ0) is 11.0. The van der Waals surface area contributed by atoms with Crippen molar-refractivity contribution in [3.63, 3.8) is 0 Å². The van der Waals surface area contributed by atoms with Gasteiger partial charge in [0.15, 0.2) is 5.96 Å². The van der Waals surface area contributed by atoms with Gasteiger partial charge in [0, 0.05) is 6.54 Å². The SMILES string of the molecule is Cc1ccc2[nH]nnc2c1NC1=NCCN1. The number of H-pyrrole nitrogens is 1. The van der Waals surface area contributed by atoms with Crippen LogP contribution in [0.3, 0.4) is 0 Å². The smallest absolute Gasteiger partial charge is 0.195 e. The number of benzene rings is 1. The van der Waals surface area contributed by atoms with E-state index in [1.807, 2.05) is 19.1 Å². The number of nitrogens with zero attached hydrogens (tertiary/aromatic N) is 3. The molecule has 3 N–H and O–H groups in total. The number of guanidine groups is 1. The summed E-state index contributed by atoms with van der Waals surface area (Å²) in [6, 6.07) is 4.00. The molecule has 0 bridgehead atoms. The van der Waals surface area contributed by atoms with Gasteiger partial charge in [-0.1, -0.05) is 11.3 Å². The topological polar surface area (TPSA) is 78.0 Å². The number of aromatic nitrogens is 3. The van der Waals surface area contributed by atoms with Crippen molar-refractivity contribution in [1.29, 1.82) is 0 Å². The average Bonchev–Trinajstić information content (AvgIpc) is 2.92. The van der Waals surface area contributed by atoms with Crippen molar-refractivity contribution in [2.24, 2.45) is 4.99 Å². The van der Waals surface area contributed by atoms with Crippen LogP contribution in [0.5, 0.6) is 0 Å². The van der Waals surface area contributed by atoms with E-state index in [9.17, 15) is 0 Å². The van der Waals surface area contributed by atoms with E-state index in [2.05, 4.69) is 31.0 Å². The van der Waals surface area contributed by atoms with Crippen LogP contribution in [0.4, 0.5) is 5.69 Å². The minimum absolute atomic E-state index is 0.804. The summed E-state index contributed by atoms with van der Waals surface area (Å²) >= 11 is 0. The Kier molecular flexibility index (Phi) is 1.99. The van der Waals surface area contributed by atoms with Gasteiger partial charge in [-0.2, -0.15) is 0 Å². The summed E-state index contributed by atoms with van der Waals surface area (Å²) in [4.78, 5) is 4.30. The Balaban J connectivity index is 2.06. The molecule has 1 aliphatic heterocycles. The number of hydrogen-bond donors (Lipinski definition) is 3. The molecule has 0 radical (unpaired) electrons. The van der Waals surface area contributed by atoms with Gasteiger partial charge in [-0.25, -0.2) is 0 Å². The summed E-state index contributed by atoms with van der Waals surface area (Å²) in [5.74, 6) is 0.804. The number of aromatic amines is 1. The average molecular weight is 216 g/mol. The molecule has 0 amide bonds. The van der Waals surface area contributed by atoms with Gasteiger partial charge in [-0.3, -0.25) is 10.1 Å². The quantitative estimate of drug-likeness (QED) is 0.653. The van der Waals surface area contributed by atoms with Crippen molar-refractivity contribution in [1.82, 2.24) is 20.7 Å². The molecule has 0 unspecified atom stereocenters. The highest BCUT2D eigenvalue weighted by Gasteiger charge is 2.11. The van der Waals surface area contributed by atoms with Gasteiger partial charge in [0.2, 0.25) is 0 Å². The fourth-order valence-corrected chi connectivity index (χ4v) is 1.77. The Morgan fingerprint density at radius 1 is 1.38 bits per heavy atom. The van der Waals surface area contributed by atoms with Crippen molar-refractivity contribution < 1.29 is 0 Å². The van der Waals surface area contributed by atoms with Crippen molar-refractivity contribution >= 4 is 22.7 Å². The molecular formula is C10H12N6. The molecule has 0 saturated carbocycles. The van der Waals surface area contributed by atoms with E-state index < -0.39 is 0 Å². The maximum absolute atomic E-state index is 4.30. The highest BCUT2D eigenvalue weighted by Crippen LogP contribution is 2.23. The first-order chi connectivity index (χ1) is 7.84. The third-order valence-electron chi connectivity index (χ3n) is 2.62. The van der Waals surface area contributed by atoms with Crippen molar-refractivity contribution in [3.8, 4) is 0 Å². The number of anilines is 1. The first-order valence-corrected chi connectivity index (χ1v) is 5.20. The van der Waals surface area contributed by atoms with E-state index in [4.69, 9.17) is 0 Å². The second kappa shape index (κ2) is 3.48. The molecule has 0 fully saturated rings. The van der Waals surface area contributed by atoms with E-state index in [1.165, 1.54) is 0 Å². The molecule has 6 nitrogen and oxygen atoms in total. The van der Waals surface area contributed by atoms with E-state index in [0.29, 0.717) is 0 Å². The fourth-order valence-electron chi connectivity index (χ4n) is 1.77. The van der Waals surface area contributed by atoms with Gasteiger partial charge in [-0.05, 0) is 18.6 Å². The third-order valence-corrected chi connectivity index (χ3v) is 2.62. The molecule has 1 aliphatic rings. The second-order valence-corrected chi connectivity index (χ2v) is 3.75. The lowest BCUT2D eigenvalue weighted by molar-refractivity contribution is 0.957. The lowest BCUT2D eigenvalue weighted by atomic mass is 10.1. The largest absolute Gasteiger partial charge is 0.354 e. The maximum atomic E-state index is 4.30. The highest BCUT2D eigenvalue weighted by atomic mass is 15.3. The molecule has 0 saturated heterocycles. The van der Waals surface area contributed by atoms with Crippen LogP contribution in [0.15, 0.2) is 17.1 Å². The number of aliphatic imine (C=N–C) groups is 1. The fraction of sp³-hybridized carbons (Fsp3) is 0.300. The zero-order valence-corrected chi connectivity index (χ0v) is 8.91. The molecule has 2 aromatic rings. The molecule has 0 aliphatic carbocycles. The lowest BCUT2D eigenvalue weighted by Gasteiger charge is -2.09. The lowest BCUT2D eigenvalue weighted by Crippen LogP contribution is -2.26. The van der Waals surface area contributed by atoms with Gasteiger partial charge < -0.3 is 10.6 Å². The van der Waals surface area contributed by atoms with Crippen LogP contribution in [0.1, 0.15) is 5.56 Å². The molecule has 1 aromatic carbocycles. The summed E-state index contributed by atoms with van der Waals surface area (Å²) in [6.07, 6.45) is 0. The van der Waals surface area contributed by atoms with Gasteiger partial charge >= 0.3 is 0 Å². The highest BCUT2D eigenvalue weighted by molar-refractivity contribution is 6.02. The van der Waals surface area contributed by atoms with Crippen LogP contribution in [0.2, 0.25) is 0 Å². The maximum Gasteiger partial charge on any atom is 0.195 e. The van der Waals surface area contributed by atoms with Crippen molar-refractivity contribution in [2.75, 3.05) is 18.4 Å². The Bertz CT molecular complexity index is 555. The van der Waals surface area contributed by atoms with Crippen LogP contribution >= 0.6 is 0 Å². The Morgan fingerprint density at radius 3 is 3.12 bits per heavy atom. The molecule has 1 aromatic heterocycles. The van der Waals surface area contributed by atoms with Crippen LogP contribution < -0.4 is 10.6 Å². The van der Waals surface area contributed by atoms with E-state index in [-0.39, 0.29) is 0 Å². The molecule has 6 heteroatoms. The van der Waals surface area contributed by atoms with Crippen molar-refractivity contribution in [2.45, 2.75) is 6.92 Å². The zero-order valence-electron chi connectivity index (χ0n) is 8.91. The summed E-state index contributed by atoms with van der Waals surface area (Å²) in [5, 5.41) is 17.1. The summed E-state index contributed by atoms with van der Waals surface area (Å²) < 4.78 is 0. The molecule has 0 spiro atoms. The van der Waals surface area contributed by atoms with Gasteiger partial charge in [0.05, 0.1) is 17.7 Å². The van der Waals surface area contributed by atoms with E-state index in [1.54, 1.807) is 0 Å². The summed E-state index contributed by atoms with van der Waals surface area (Å²) in [5.41, 5.74) is 3.85. The first-order valence-electron chi connectivity index (χ1n) is 5.20. The standard InChI is InChI=1S/C10H12N6/c1-6-2-3-7-9(15-16-14-7)8(6)13-10-11-4-5-12-10/h2-3H,4-5H2,1H3,(H2,11,12,13)(H,14,15,16). The van der Waals surface area contributed by atoms with Crippen LogP contribution in [0.25, 0.3) is 11.0 Å². The number of hydrogen-bond acceptors (Lipinski definition) is 5. The van der Waals surface area contributed by atoms with Crippen LogP contribution in [0, 0.1) is 6.92 Å². The molecule has 3 rings (SSSR count). The third kappa shape index (κ3) is 1.39. The summed E-state index contributed by atoms with van der Waals surface area (Å²) in [7, 11) is 0. The number of fused-ring (bicyclic) bond motifs is 1. The molecular weight excluding hydrogens is 204 g/mol. The molecule has 2 heterocycles. The number of aryl methyl sites for hydroxylation is 1. The minimum atomic E-state index is 0.804. The summed E-state index contributed by atoms with van der Waals surface area (Å²) in [6.45, 7) is 3.73. The number of rotatable bonds is 1. The molecule has 16 heavy (non-hydrogen) atoms.